The lowest BCUT2D eigenvalue weighted by Crippen LogP contribution is -2.06. The van der Waals surface area contributed by atoms with Gasteiger partial charge in [0, 0.05) is 18.2 Å². The minimum Gasteiger partial charge on any atom is -0.497 e. The number of nitrogens with zero attached hydrogens (tertiary/aromatic N) is 2. The number of ether oxygens (including phenoxy) is 2. The van der Waals surface area contributed by atoms with Gasteiger partial charge in [-0.3, -0.25) is 0 Å². The first-order valence-electron chi connectivity index (χ1n) is 6.74. The first-order valence-corrected chi connectivity index (χ1v) is 6.74. The maximum atomic E-state index is 5.38. The fourth-order valence-corrected chi connectivity index (χ4v) is 1.95. The third kappa shape index (κ3) is 3.34. The van der Waals surface area contributed by atoms with Crippen molar-refractivity contribution in [2.45, 2.75) is 13.8 Å². The third-order valence-corrected chi connectivity index (χ3v) is 3.09. The molecule has 0 aliphatic carbocycles. The van der Waals surface area contributed by atoms with E-state index >= 15 is 0 Å². The molecule has 0 fully saturated rings. The summed E-state index contributed by atoms with van der Waals surface area (Å²) >= 11 is 0. The minimum atomic E-state index is 0.692. The molecule has 112 valence electrons. The lowest BCUT2D eigenvalue weighted by Gasteiger charge is -2.14. The van der Waals surface area contributed by atoms with Gasteiger partial charge in [-0.1, -0.05) is 0 Å². The Morgan fingerprint density at radius 1 is 1.10 bits per heavy atom. The summed E-state index contributed by atoms with van der Waals surface area (Å²) in [5.74, 6) is 2.99. The zero-order valence-electron chi connectivity index (χ0n) is 12.7. The molecule has 6 nitrogen and oxygen atoms in total. The van der Waals surface area contributed by atoms with Crippen molar-refractivity contribution in [1.82, 2.24) is 9.97 Å². The van der Waals surface area contributed by atoms with Gasteiger partial charge in [-0.05, 0) is 26.0 Å². The van der Waals surface area contributed by atoms with Gasteiger partial charge in [0.05, 0.1) is 19.9 Å². The summed E-state index contributed by atoms with van der Waals surface area (Å²) in [7, 11) is 3.25. The maximum Gasteiger partial charge on any atom is 0.146 e. The van der Waals surface area contributed by atoms with Crippen molar-refractivity contribution in [3.05, 3.63) is 30.1 Å². The molecule has 0 bridgehead atoms. The Hall–Kier alpha value is -2.50. The van der Waals surface area contributed by atoms with Crippen molar-refractivity contribution in [3.8, 4) is 11.5 Å². The van der Waals surface area contributed by atoms with E-state index in [0.717, 1.165) is 35.2 Å². The molecule has 0 atom stereocenters. The van der Waals surface area contributed by atoms with Gasteiger partial charge in [0.1, 0.15) is 29.5 Å². The second-order valence-corrected chi connectivity index (χ2v) is 4.42. The van der Waals surface area contributed by atoms with Crippen molar-refractivity contribution >= 4 is 17.3 Å². The van der Waals surface area contributed by atoms with Crippen LogP contribution in [0.3, 0.4) is 0 Å². The van der Waals surface area contributed by atoms with E-state index in [-0.39, 0.29) is 0 Å². The monoisotopic (exact) mass is 288 g/mol. The predicted molar refractivity (Wildman–Crippen MR) is 83.8 cm³/mol. The molecule has 0 spiro atoms. The fraction of sp³-hybridized carbons (Fsp3) is 0.333. The molecule has 21 heavy (non-hydrogen) atoms. The first-order chi connectivity index (χ1) is 10.2. The molecule has 2 aromatic rings. The van der Waals surface area contributed by atoms with Gasteiger partial charge in [-0.2, -0.15) is 0 Å². The average Bonchev–Trinajstić information content (AvgIpc) is 2.51. The van der Waals surface area contributed by atoms with Crippen LogP contribution >= 0.6 is 0 Å². The summed E-state index contributed by atoms with van der Waals surface area (Å²) in [6.45, 7) is 4.81. The van der Waals surface area contributed by atoms with Gasteiger partial charge < -0.3 is 20.1 Å². The topological polar surface area (TPSA) is 68.3 Å². The van der Waals surface area contributed by atoms with E-state index in [1.165, 1.54) is 6.33 Å². The zero-order valence-corrected chi connectivity index (χ0v) is 12.7. The quantitative estimate of drug-likeness (QED) is 0.851. The van der Waals surface area contributed by atoms with E-state index in [4.69, 9.17) is 9.47 Å². The summed E-state index contributed by atoms with van der Waals surface area (Å²) in [6.07, 6.45) is 1.53. The Balaban J connectivity index is 2.32. The highest BCUT2D eigenvalue weighted by molar-refractivity contribution is 5.69. The molecular weight excluding hydrogens is 268 g/mol. The van der Waals surface area contributed by atoms with Crippen molar-refractivity contribution < 1.29 is 9.47 Å². The van der Waals surface area contributed by atoms with E-state index in [1.54, 1.807) is 14.2 Å². The predicted octanol–water partition coefficient (Wildman–Crippen LogP) is 2.98. The van der Waals surface area contributed by atoms with Crippen molar-refractivity contribution in [2.24, 2.45) is 0 Å². The van der Waals surface area contributed by atoms with Crippen molar-refractivity contribution in [2.75, 3.05) is 31.4 Å². The summed E-state index contributed by atoms with van der Waals surface area (Å²) in [5, 5.41) is 6.48. The van der Waals surface area contributed by atoms with Crippen LogP contribution in [0.25, 0.3) is 0 Å². The molecule has 1 heterocycles. The van der Waals surface area contributed by atoms with Crippen LogP contribution in [0.15, 0.2) is 24.5 Å². The van der Waals surface area contributed by atoms with E-state index in [0.29, 0.717) is 5.75 Å². The van der Waals surface area contributed by atoms with Crippen LogP contribution in [0.1, 0.15) is 12.5 Å². The van der Waals surface area contributed by atoms with Crippen molar-refractivity contribution in [3.63, 3.8) is 0 Å². The lowest BCUT2D eigenvalue weighted by molar-refractivity contribution is 0.395. The number of aromatic nitrogens is 2. The number of methoxy groups -OCH3 is 2. The second kappa shape index (κ2) is 6.78. The van der Waals surface area contributed by atoms with Crippen LogP contribution in [-0.2, 0) is 0 Å². The summed E-state index contributed by atoms with van der Waals surface area (Å²) < 4.78 is 10.6. The fourth-order valence-electron chi connectivity index (χ4n) is 1.95. The Bertz CT molecular complexity index is 617. The summed E-state index contributed by atoms with van der Waals surface area (Å²) in [6, 6.07) is 5.59. The lowest BCUT2D eigenvalue weighted by atomic mass is 10.2. The highest BCUT2D eigenvalue weighted by Gasteiger charge is 2.10. The molecule has 0 amide bonds. The van der Waals surface area contributed by atoms with Crippen LogP contribution in [0.5, 0.6) is 11.5 Å². The van der Waals surface area contributed by atoms with Gasteiger partial charge in [-0.15, -0.1) is 0 Å². The molecule has 0 radical (unpaired) electrons. The highest BCUT2D eigenvalue weighted by atomic mass is 16.5. The van der Waals surface area contributed by atoms with Gasteiger partial charge in [-0.25, -0.2) is 9.97 Å². The van der Waals surface area contributed by atoms with Gasteiger partial charge in [0.15, 0.2) is 0 Å². The van der Waals surface area contributed by atoms with Crippen molar-refractivity contribution in [1.29, 1.82) is 0 Å². The molecule has 0 saturated heterocycles. The molecule has 0 aliphatic heterocycles. The molecule has 1 aromatic heterocycles. The van der Waals surface area contributed by atoms with Gasteiger partial charge >= 0.3 is 0 Å². The number of anilines is 3. The largest absolute Gasteiger partial charge is 0.497 e. The minimum absolute atomic E-state index is 0.692. The zero-order chi connectivity index (χ0) is 15.2. The molecule has 0 saturated carbocycles. The number of rotatable bonds is 6. The molecule has 6 heteroatoms. The normalized spacial score (nSPS) is 10.1. The Labute approximate surface area is 124 Å². The Morgan fingerprint density at radius 3 is 2.52 bits per heavy atom. The van der Waals surface area contributed by atoms with Gasteiger partial charge in [0.25, 0.3) is 0 Å². The molecule has 0 aliphatic rings. The summed E-state index contributed by atoms with van der Waals surface area (Å²) in [4.78, 5) is 8.51. The smallest absolute Gasteiger partial charge is 0.146 e. The average molecular weight is 288 g/mol. The third-order valence-electron chi connectivity index (χ3n) is 3.09. The summed E-state index contributed by atoms with van der Waals surface area (Å²) in [5.41, 5.74) is 1.78. The molecule has 1 aromatic carbocycles. The highest BCUT2D eigenvalue weighted by Crippen LogP contribution is 2.32. The van der Waals surface area contributed by atoms with E-state index < -0.39 is 0 Å². The SMILES string of the molecule is CCNc1ncnc(Nc2ccc(OC)cc2OC)c1C. The Morgan fingerprint density at radius 2 is 1.86 bits per heavy atom. The van der Waals surface area contributed by atoms with Gasteiger partial charge in [0.2, 0.25) is 0 Å². The Kier molecular flexibility index (Phi) is 4.81. The maximum absolute atomic E-state index is 5.38. The molecule has 2 N–H and O–H groups in total. The standard InChI is InChI=1S/C15H20N4O2/c1-5-16-14-10(2)15(18-9-17-14)19-12-7-6-11(20-3)8-13(12)21-4/h6-9H,5H2,1-4H3,(H2,16,17,18,19). The molecule has 2 rings (SSSR count). The number of benzene rings is 1. The van der Waals surface area contributed by atoms with Crippen LogP contribution in [0.2, 0.25) is 0 Å². The van der Waals surface area contributed by atoms with E-state index in [9.17, 15) is 0 Å². The number of hydrogen-bond acceptors (Lipinski definition) is 6. The molecule has 0 unspecified atom stereocenters. The van der Waals surface area contributed by atoms with Crippen LogP contribution < -0.4 is 20.1 Å². The number of nitrogens with one attached hydrogen (secondary N) is 2. The van der Waals surface area contributed by atoms with Crippen LogP contribution in [0.4, 0.5) is 17.3 Å². The van der Waals surface area contributed by atoms with E-state index in [2.05, 4.69) is 20.6 Å². The van der Waals surface area contributed by atoms with E-state index in [1.807, 2.05) is 32.0 Å². The molecular formula is C15H20N4O2. The second-order valence-electron chi connectivity index (χ2n) is 4.42. The van der Waals surface area contributed by atoms with Crippen LogP contribution in [-0.4, -0.2) is 30.7 Å². The first kappa shape index (κ1) is 14.9. The van der Waals surface area contributed by atoms with Crippen LogP contribution in [0, 0.1) is 6.92 Å². The number of hydrogen-bond donors (Lipinski definition) is 2.